The fourth-order valence-corrected chi connectivity index (χ4v) is 2.55. The first-order chi connectivity index (χ1) is 8.58. The van der Waals surface area contributed by atoms with Crippen LogP contribution in [0.1, 0.15) is 33.1 Å². The highest BCUT2D eigenvalue weighted by molar-refractivity contribution is 5.90. The molecule has 1 atom stereocenters. The molecule has 0 bridgehead atoms. The molecule has 1 saturated heterocycles. The molecular weight excluding hydrogens is 226 g/mol. The van der Waals surface area contributed by atoms with Gasteiger partial charge in [0.15, 0.2) is 0 Å². The maximum atomic E-state index is 11.0. The van der Waals surface area contributed by atoms with Crippen LogP contribution in [0.4, 0.5) is 17.1 Å². The van der Waals surface area contributed by atoms with Crippen LogP contribution in [-0.2, 0) is 4.79 Å². The molecule has 1 aliphatic heterocycles. The highest BCUT2D eigenvalue weighted by Crippen LogP contribution is 2.31. The van der Waals surface area contributed by atoms with E-state index in [0.717, 1.165) is 23.6 Å². The molecule has 0 radical (unpaired) electrons. The monoisotopic (exact) mass is 247 g/mol. The van der Waals surface area contributed by atoms with Crippen LogP contribution < -0.4 is 16.0 Å². The Labute approximate surface area is 108 Å². The van der Waals surface area contributed by atoms with Gasteiger partial charge in [-0.25, -0.2) is 0 Å². The molecule has 0 aliphatic carbocycles. The van der Waals surface area contributed by atoms with Crippen molar-refractivity contribution in [1.29, 1.82) is 0 Å². The number of hydrogen-bond acceptors (Lipinski definition) is 3. The molecule has 1 aromatic carbocycles. The number of nitrogens with zero attached hydrogens (tertiary/aromatic N) is 1. The second-order valence-corrected chi connectivity index (χ2v) is 4.99. The van der Waals surface area contributed by atoms with Gasteiger partial charge in [0.25, 0.3) is 0 Å². The largest absolute Gasteiger partial charge is 0.397 e. The molecule has 1 aliphatic rings. The molecule has 18 heavy (non-hydrogen) atoms. The average molecular weight is 247 g/mol. The number of amides is 1. The average Bonchev–Trinajstić information content (AvgIpc) is 2.30. The molecule has 0 spiro atoms. The summed E-state index contributed by atoms with van der Waals surface area (Å²) in [4.78, 5) is 13.4. The van der Waals surface area contributed by atoms with Crippen molar-refractivity contribution in [2.24, 2.45) is 0 Å². The number of anilines is 3. The van der Waals surface area contributed by atoms with E-state index in [1.54, 1.807) is 0 Å². The van der Waals surface area contributed by atoms with Gasteiger partial charge in [-0.05, 0) is 44.4 Å². The van der Waals surface area contributed by atoms with E-state index in [9.17, 15) is 4.79 Å². The van der Waals surface area contributed by atoms with Gasteiger partial charge >= 0.3 is 0 Å². The number of nitrogens with one attached hydrogen (secondary N) is 1. The molecule has 0 saturated carbocycles. The Bertz CT molecular complexity index is 445. The summed E-state index contributed by atoms with van der Waals surface area (Å²) in [6, 6.07) is 6.28. The summed E-state index contributed by atoms with van der Waals surface area (Å²) >= 11 is 0. The maximum absolute atomic E-state index is 11.0. The van der Waals surface area contributed by atoms with Crippen molar-refractivity contribution in [1.82, 2.24) is 0 Å². The fraction of sp³-hybridized carbons (Fsp3) is 0.500. The number of hydrogen-bond donors (Lipinski definition) is 2. The predicted molar refractivity (Wildman–Crippen MR) is 75.8 cm³/mol. The van der Waals surface area contributed by atoms with Gasteiger partial charge in [-0.1, -0.05) is 0 Å². The third kappa shape index (κ3) is 2.75. The first-order valence-corrected chi connectivity index (χ1v) is 6.51. The molecule has 1 amide bonds. The van der Waals surface area contributed by atoms with Crippen LogP contribution in [-0.4, -0.2) is 18.5 Å². The Morgan fingerprint density at radius 3 is 2.83 bits per heavy atom. The third-order valence-electron chi connectivity index (χ3n) is 3.46. The van der Waals surface area contributed by atoms with Crippen LogP contribution in [0.3, 0.4) is 0 Å². The summed E-state index contributed by atoms with van der Waals surface area (Å²) in [5.74, 6) is -0.0755. The summed E-state index contributed by atoms with van der Waals surface area (Å²) in [6.07, 6.45) is 3.73. The van der Waals surface area contributed by atoms with Crippen molar-refractivity contribution in [2.45, 2.75) is 39.2 Å². The number of rotatable bonds is 2. The smallest absolute Gasteiger partial charge is 0.221 e. The molecule has 4 heteroatoms. The highest BCUT2D eigenvalue weighted by atomic mass is 16.1. The van der Waals surface area contributed by atoms with Crippen LogP contribution in [0.25, 0.3) is 0 Å². The lowest BCUT2D eigenvalue weighted by Gasteiger charge is -2.36. The van der Waals surface area contributed by atoms with Crippen molar-refractivity contribution in [3.63, 3.8) is 0 Å². The summed E-state index contributed by atoms with van der Waals surface area (Å²) < 4.78 is 0. The van der Waals surface area contributed by atoms with Gasteiger partial charge in [0.2, 0.25) is 5.91 Å². The lowest BCUT2D eigenvalue weighted by Crippen LogP contribution is -2.37. The van der Waals surface area contributed by atoms with E-state index in [2.05, 4.69) is 17.1 Å². The molecule has 1 fully saturated rings. The second-order valence-electron chi connectivity index (χ2n) is 4.99. The molecule has 98 valence electrons. The van der Waals surface area contributed by atoms with Crippen LogP contribution in [0.15, 0.2) is 18.2 Å². The second kappa shape index (κ2) is 5.29. The minimum absolute atomic E-state index is 0.0755. The van der Waals surface area contributed by atoms with Gasteiger partial charge in [-0.3, -0.25) is 4.79 Å². The number of carbonyl (C=O) groups excluding carboxylic acids is 1. The van der Waals surface area contributed by atoms with Gasteiger partial charge in [0.1, 0.15) is 0 Å². The summed E-state index contributed by atoms with van der Waals surface area (Å²) in [5, 5.41) is 2.75. The van der Waals surface area contributed by atoms with Crippen molar-refractivity contribution in [2.75, 3.05) is 22.5 Å². The minimum Gasteiger partial charge on any atom is -0.397 e. The summed E-state index contributed by atoms with van der Waals surface area (Å²) in [6.45, 7) is 4.79. The number of nitrogens with two attached hydrogens (primary N) is 1. The number of benzene rings is 1. The van der Waals surface area contributed by atoms with E-state index in [1.807, 2.05) is 18.2 Å². The van der Waals surface area contributed by atoms with Gasteiger partial charge in [0.05, 0.1) is 11.4 Å². The quantitative estimate of drug-likeness (QED) is 0.790. The van der Waals surface area contributed by atoms with Gasteiger partial charge in [-0.2, -0.15) is 0 Å². The number of nitrogen functional groups attached to an aromatic ring is 1. The van der Waals surface area contributed by atoms with E-state index in [1.165, 1.54) is 26.2 Å². The Kier molecular flexibility index (Phi) is 3.75. The zero-order valence-corrected chi connectivity index (χ0v) is 11.1. The molecule has 1 heterocycles. The van der Waals surface area contributed by atoms with E-state index in [0.29, 0.717) is 6.04 Å². The van der Waals surface area contributed by atoms with Crippen molar-refractivity contribution < 1.29 is 4.79 Å². The van der Waals surface area contributed by atoms with Crippen molar-refractivity contribution in [3.8, 4) is 0 Å². The lowest BCUT2D eigenvalue weighted by molar-refractivity contribution is -0.114. The standard InChI is InChI=1S/C14H21N3O/c1-10-5-3-4-8-17(10)14-7-6-12(9-13(14)15)16-11(2)18/h6-7,9-10H,3-5,8,15H2,1-2H3,(H,16,18). The van der Waals surface area contributed by atoms with Crippen LogP contribution in [0.2, 0.25) is 0 Å². The summed E-state index contributed by atoms with van der Waals surface area (Å²) in [7, 11) is 0. The van der Waals surface area contributed by atoms with Gasteiger partial charge < -0.3 is 16.0 Å². The fourth-order valence-electron chi connectivity index (χ4n) is 2.55. The first kappa shape index (κ1) is 12.7. The topological polar surface area (TPSA) is 58.4 Å². The molecule has 1 unspecified atom stereocenters. The maximum Gasteiger partial charge on any atom is 0.221 e. The van der Waals surface area contributed by atoms with Crippen LogP contribution >= 0.6 is 0 Å². The lowest BCUT2D eigenvalue weighted by atomic mass is 10.0. The van der Waals surface area contributed by atoms with Gasteiger partial charge in [0, 0.05) is 25.2 Å². The molecule has 0 aromatic heterocycles. The Morgan fingerprint density at radius 2 is 2.22 bits per heavy atom. The molecule has 2 rings (SSSR count). The SMILES string of the molecule is CC(=O)Nc1ccc(N2CCCCC2C)c(N)c1. The number of carbonyl (C=O) groups is 1. The van der Waals surface area contributed by atoms with Crippen molar-refractivity contribution >= 4 is 23.0 Å². The Hall–Kier alpha value is -1.71. The molecular formula is C14H21N3O. The predicted octanol–water partition coefficient (Wildman–Crippen LogP) is 2.61. The van der Waals surface area contributed by atoms with E-state index < -0.39 is 0 Å². The third-order valence-corrected chi connectivity index (χ3v) is 3.46. The molecule has 1 aromatic rings. The van der Waals surface area contributed by atoms with Crippen molar-refractivity contribution in [3.05, 3.63) is 18.2 Å². The van der Waals surface area contributed by atoms with Crippen LogP contribution in [0.5, 0.6) is 0 Å². The zero-order valence-electron chi connectivity index (χ0n) is 11.1. The first-order valence-electron chi connectivity index (χ1n) is 6.51. The summed E-state index contributed by atoms with van der Waals surface area (Å²) in [5.41, 5.74) is 8.67. The molecule has 4 nitrogen and oxygen atoms in total. The van der Waals surface area contributed by atoms with E-state index in [4.69, 9.17) is 5.73 Å². The highest BCUT2D eigenvalue weighted by Gasteiger charge is 2.20. The van der Waals surface area contributed by atoms with Gasteiger partial charge in [-0.15, -0.1) is 0 Å². The zero-order chi connectivity index (χ0) is 13.1. The molecule has 3 N–H and O–H groups in total. The Morgan fingerprint density at radius 1 is 1.44 bits per heavy atom. The normalized spacial score (nSPS) is 19.7. The van der Waals surface area contributed by atoms with E-state index in [-0.39, 0.29) is 5.91 Å². The van der Waals surface area contributed by atoms with Crippen LogP contribution in [0, 0.1) is 0 Å². The number of piperidine rings is 1. The van der Waals surface area contributed by atoms with E-state index >= 15 is 0 Å². The minimum atomic E-state index is -0.0755. The Balaban J connectivity index is 2.20.